The summed E-state index contributed by atoms with van der Waals surface area (Å²) in [5, 5.41) is 12.4. The third kappa shape index (κ3) is 6.47. The Kier molecular flexibility index (Phi) is 7.34. The molecule has 0 aliphatic heterocycles. The van der Waals surface area contributed by atoms with E-state index in [1.807, 2.05) is 13.8 Å². The number of carbonyl (C=O) groups excluding carboxylic acids is 1. The molecule has 0 heterocycles. The summed E-state index contributed by atoms with van der Waals surface area (Å²) in [5.74, 6) is 0.176. The summed E-state index contributed by atoms with van der Waals surface area (Å²) in [7, 11) is 0. The molecule has 2 unspecified atom stereocenters. The molecule has 0 spiro atoms. The predicted octanol–water partition coefficient (Wildman–Crippen LogP) is 0.637. The molecule has 4 N–H and O–H groups in total. The van der Waals surface area contributed by atoms with Crippen LogP contribution in [0.5, 0.6) is 0 Å². The minimum absolute atomic E-state index is 0.0880. The lowest BCUT2D eigenvalue weighted by Gasteiger charge is -2.20. The van der Waals surface area contributed by atoms with Gasteiger partial charge in [0.05, 0.1) is 6.10 Å². The van der Waals surface area contributed by atoms with Gasteiger partial charge in [-0.05, 0) is 12.8 Å². The monoisotopic (exact) mass is 216 g/mol. The van der Waals surface area contributed by atoms with Gasteiger partial charge in [0.25, 0.3) is 0 Å². The number of hydrogen-bond donors (Lipinski definition) is 3. The van der Waals surface area contributed by atoms with Crippen LogP contribution >= 0.6 is 0 Å². The van der Waals surface area contributed by atoms with Crippen LogP contribution in [0.4, 0.5) is 0 Å². The summed E-state index contributed by atoms with van der Waals surface area (Å²) >= 11 is 0. The number of hydrogen-bond acceptors (Lipinski definition) is 3. The second-order valence-corrected chi connectivity index (χ2v) is 4.13. The van der Waals surface area contributed by atoms with Gasteiger partial charge in [0.15, 0.2) is 0 Å². The number of nitrogens with two attached hydrogens (primary N) is 1. The number of aliphatic hydroxyl groups is 1. The van der Waals surface area contributed by atoms with Crippen LogP contribution in [0.1, 0.15) is 40.0 Å². The Morgan fingerprint density at radius 2 is 1.93 bits per heavy atom. The van der Waals surface area contributed by atoms with Gasteiger partial charge in [-0.2, -0.15) is 0 Å². The van der Waals surface area contributed by atoms with Gasteiger partial charge in [-0.1, -0.05) is 26.7 Å². The molecule has 4 heteroatoms. The van der Waals surface area contributed by atoms with Gasteiger partial charge >= 0.3 is 0 Å². The van der Waals surface area contributed by atoms with E-state index in [9.17, 15) is 9.90 Å². The van der Waals surface area contributed by atoms with Crippen LogP contribution < -0.4 is 11.1 Å². The molecule has 0 aromatic heterocycles. The number of amides is 1. The molecule has 0 aliphatic rings. The summed E-state index contributed by atoms with van der Waals surface area (Å²) in [5.41, 5.74) is 5.49. The molecule has 0 aromatic rings. The molecule has 0 aromatic carbocycles. The van der Waals surface area contributed by atoms with Crippen molar-refractivity contribution in [2.75, 3.05) is 6.54 Å². The van der Waals surface area contributed by atoms with E-state index in [0.29, 0.717) is 13.0 Å². The maximum Gasteiger partial charge on any atom is 0.221 e. The topological polar surface area (TPSA) is 75.3 Å². The van der Waals surface area contributed by atoms with Crippen LogP contribution in [0.25, 0.3) is 0 Å². The standard InChI is InChI=1S/C11H24N2O2/c1-4-9(5-2)10(14)7-13-11(15)6-8(3)12/h8-10,14H,4-7,12H2,1-3H3,(H,13,15). The van der Waals surface area contributed by atoms with Crippen molar-refractivity contribution in [3.05, 3.63) is 0 Å². The van der Waals surface area contributed by atoms with Crippen LogP contribution in [-0.2, 0) is 4.79 Å². The second kappa shape index (κ2) is 7.65. The van der Waals surface area contributed by atoms with Crippen LogP contribution in [-0.4, -0.2) is 29.7 Å². The predicted molar refractivity (Wildman–Crippen MR) is 61.4 cm³/mol. The fourth-order valence-electron chi connectivity index (χ4n) is 1.58. The molecule has 0 saturated carbocycles. The largest absolute Gasteiger partial charge is 0.391 e. The molecule has 2 atom stereocenters. The van der Waals surface area contributed by atoms with E-state index in [4.69, 9.17) is 5.73 Å². The van der Waals surface area contributed by atoms with Gasteiger partial charge in [-0.25, -0.2) is 0 Å². The molecule has 0 bridgehead atoms. The van der Waals surface area contributed by atoms with E-state index in [1.54, 1.807) is 6.92 Å². The van der Waals surface area contributed by atoms with E-state index >= 15 is 0 Å². The highest BCUT2D eigenvalue weighted by Crippen LogP contribution is 2.12. The maximum absolute atomic E-state index is 11.3. The molecule has 0 rings (SSSR count). The zero-order chi connectivity index (χ0) is 11.8. The fourth-order valence-corrected chi connectivity index (χ4v) is 1.58. The summed E-state index contributed by atoms with van der Waals surface area (Å²) in [4.78, 5) is 11.3. The SMILES string of the molecule is CCC(CC)C(O)CNC(=O)CC(C)N. The van der Waals surface area contributed by atoms with E-state index in [0.717, 1.165) is 12.8 Å². The highest BCUT2D eigenvalue weighted by atomic mass is 16.3. The Balaban J connectivity index is 3.78. The molecule has 1 amide bonds. The quantitative estimate of drug-likeness (QED) is 0.584. The smallest absolute Gasteiger partial charge is 0.221 e. The maximum atomic E-state index is 11.3. The van der Waals surface area contributed by atoms with Crippen molar-refractivity contribution in [3.8, 4) is 0 Å². The number of aliphatic hydroxyl groups excluding tert-OH is 1. The van der Waals surface area contributed by atoms with Crippen molar-refractivity contribution < 1.29 is 9.90 Å². The first-order valence-electron chi connectivity index (χ1n) is 5.71. The van der Waals surface area contributed by atoms with E-state index in [1.165, 1.54) is 0 Å². The van der Waals surface area contributed by atoms with Gasteiger partial charge in [-0.15, -0.1) is 0 Å². The average molecular weight is 216 g/mol. The minimum atomic E-state index is -0.447. The molecule has 4 nitrogen and oxygen atoms in total. The summed E-state index contributed by atoms with van der Waals surface area (Å²) in [6.07, 6.45) is 1.73. The molecule has 0 fully saturated rings. The van der Waals surface area contributed by atoms with E-state index < -0.39 is 6.10 Å². The Labute approximate surface area is 92.2 Å². The zero-order valence-corrected chi connectivity index (χ0v) is 9.99. The Hall–Kier alpha value is -0.610. The molecule has 0 saturated heterocycles. The first-order valence-corrected chi connectivity index (χ1v) is 5.71. The Morgan fingerprint density at radius 1 is 1.40 bits per heavy atom. The first kappa shape index (κ1) is 14.4. The van der Waals surface area contributed by atoms with Gasteiger partial charge in [0, 0.05) is 19.0 Å². The number of rotatable bonds is 7. The number of carbonyl (C=O) groups is 1. The molecule has 0 radical (unpaired) electrons. The van der Waals surface area contributed by atoms with Crippen molar-refractivity contribution in [2.45, 2.75) is 52.2 Å². The highest BCUT2D eigenvalue weighted by molar-refractivity contribution is 5.76. The highest BCUT2D eigenvalue weighted by Gasteiger charge is 2.16. The summed E-state index contributed by atoms with van der Waals surface area (Å²) in [6.45, 7) is 6.21. The van der Waals surface area contributed by atoms with Gasteiger partial charge in [-0.3, -0.25) is 4.79 Å². The Morgan fingerprint density at radius 3 is 2.33 bits per heavy atom. The second-order valence-electron chi connectivity index (χ2n) is 4.13. The lowest BCUT2D eigenvalue weighted by molar-refractivity contribution is -0.122. The summed E-state index contributed by atoms with van der Waals surface area (Å²) in [6, 6.07) is -0.129. The molecular formula is C11H24N2O2. The van der Waals surface area contributed by atoms with E-state index in [2.05, 4.69) is 5.32 Å². The van der Waals surface area contributed by atoms with Crippen molar-refractivity contribution in [2.24, 2.45) is 11.7 Å². The molecular weight excluding hydrogens is 192 g/mol. The van der Waals surface area contributed by atoms with Crippen LogP contribution in [0.15, 0.2) is 0 Å². The fraction of sp³-hybridized carbons (Fsp3) is 0.909. The lowest BCUT2D eigenvalue weighted by atomic mass is 9.96. The van der Waals surface area contributed by atoms with Gasteiger partial charge in [0.1, 0.15) is 0 Å². The molecule has 15 heavy (non-hydrogen) atoms. The normalized spacial score (nSPS) is 15.1. The minimum Gasteiger partial charge on any atom is -0.391 e. The van der Waals surface area contributed by atoms with Crippen molar-refractivity contribution in [1.82, 2.24) is 5.32 Å². The number of nitrogens with one attached hydrogen (secondary N) is 1. The van der Waals surface area contributed by atoms with Crippen molar-refractivity contribution in [3.63, 3.8) is 0 Å². The van der Waals surface area contributed by atoms with Crippen LogP contribution in [0, 0.1) is 5.92 Å². The van der Waals surface area contributed by atoms with Crippen LogP contribution in [0.3, 0.4) is 0 Å². The van der Waals surface area contributed by atoms with Crippen molar-refractivity contribution >= 4 is 5.91 Å². The Bertz CT molecular complexity index is 179. The van der Waals surface area contributed by atoms with Gasteiger partial charge in [0.2, 0.25) is 5.91 Å². The van der Waals surface area contributed by atoms with Gasteiger partial charge < -0.3 is 16.2 Å². The zero-order valence-electron chi connectivity index (χ0n) is 9.99. The summed E-state index contributed by atoms with van der Waals surface area (Å²) < 4.78 is 0. The third-order valence-electron chi connectivity index (χ3n) is 2.61. The molecule has 0 aliphatic carbocycles. The van der Waals surface area contributed by atoms with Crippen LogP contribution in [0.2, 0.25) is 0 Å². The first-order chi connectivity index (χ1) is 7.01. The molecule has 90 valence electrons. The third-order valence-corrected chi connectivity index (χ3v) is 2.61. The average Bonchev–Trinajstić information content (AvgIpc) is 2.15. The van der Waals surface area contributed by atoms with E-state index in [-0.39, 0.29) is 17.9 Å². The van der Waals surface area contributed by atoms with Crippen molar-refractivity contribution in [1.29, 1.82) is 0 Å². The lowest BCUT2D eigenvalue weighted by Crippen LogP contribution is -2.38.